The summed E-state index contributed by atoms with van der Waals surface area (Å²) in [6.45, 7) is 6.45. The van der Waals surface area contributed by atoms with Gasteiger partial charge in [-0.1, -0.05) is 12.8 Å². The molecule has 3 heteroatoms. The summed E-state index contributed by atoms with van der Waals surface area (Å²) in [6.07, 6.45) is 5.37. The summed E-state index contributed by atoms with van der Waals surface area (Å²) < 4.78 is 0. The van der Waals surface area contributed by atoms with Gasteiger partial charge in [0, 0.05) is 23.2 Å². The topological polar surface area (TPSA) is 40.7 Å². The highest BCUT2D eigenvalue weighted by molar-refractivity contribution is 5.38. The first-order valence-electron chi connectivity index (χ1n) is 5.88. The van der Waals surface area contributed by atoms with Crippen LogP contribution in [0.1, 0.15) is 58.1 Å². The third-order valence-electron chi connectivity index (χ3n) is 2.90. The van der Waals surface area contributed by atoms with Gasteiger partial charge < -0.3 is 5.32 Å². The lowest BCUT2D eigenvalue weighted by Gasteiger charge is -2.19. The molecule has 1 aromatic rings. The smallest absolute Gasteiger partial charge is 0.148 e. The lowest BCUT2D eigenvalue weighted by molar-refractivity contribution is 0.630. The highest BCUT2D eigenvalue weighted by atomic mass is 15.2. The van der Waals surface area contributed by atoms with Crippen LogP contribution in [-0.2, 0) is 0 Å². The molecule has 0 radical (unpaired) electrons. The van der Waals surface area contributed by atoms with E-state index < -0.39 is 0 Å². The largest absolute Gasteiger partial charge is 0.364 e. The quantitative estimate of drug-likeness (QED) is 0.781. The Kier molecular flexibility index (Phi) is 2.72. The first-order chi connectivity index (χ1) is 7.04. The number of H-pyrrole nitrogens is 1. The summed E-state index contributed by atoms with van der Waals surface area (Å²) in [4.78, 5) is 0. The molecule has 0 unspecified atom stereocenters. The van der Waals surface area contributed by atoms with Crippen molar-refractivity contribution in [3.63, 3.8) is 0 Å². The van der Waals surface area contributed by atoms with Gasteiger partial charge in [0.05, 0.1) is 0 Å². The highest BCUT2D eigenvalue weighted by Crippen LogP contribution is 2.33. The van der Waals surface area contributed by atoms with Crippen molar-refractivity contribution in [2.45, 2.75) is 57.9 Å². The van der Waals surface area contributed by atoms with Crippen molar-refractivity contribution in [2.24, 2.45) is 0 Å². The van der Waals surface area contributed by atoms with Gasteiger partial charge in [0.25, 0.3) is 0 Å². The van der Waals surface area contributed by atoms with Crippen LogP contribution in [0.3, 0.4) is 0 Å². The molecule has 1 aliphatic rings. The van der Waals surface area contributed by atoms with E-state index in [0.717, 1.165) is 5.82 Å². The van der Waals surface area contributed by atoms with Crippen LogP contribution in [0.15, 0.2) is 6.07 Å². The van der Waals surface area contributed by atoms with Gasteiger partial charge in [-0.25, -0.2) is 0 Å². The number of hydrogen-bond acceptors (Lipinski definition) is 2. The van der Waals surface area contributed by atoms with Crippen molar-refractivity contribution in [1.82, 2.24) is 10.2 Å². The van der Waals surface area contributed by atoms with Crippen LogP contribution in [0.2, 0.25) is 0 Å². The Labute approximate surface area is 91.7 Å². The van der Waals surface area contributed by atoms with Gasteiger partial charge in [0.1, 0.15) is 5.82 Å². The van der Waals surface area contributed by atoms with Crippen LogP contribution in [0.25, 0.3) is 0 Å². The zero-order valence-electron chi connectivity index (χ0n) is 9.93. The second-order valence-electron chi connectivity index (χ2n) is 5.56. The van der Waals surface area contributed by atoms with Gasteiger partial charge in [0.2, 0.25) is 0 Å². The summed E-state index contributed by atoms with van der Waals surface area (Å²) >= 11 is 0. The van der Waals surface area contributed by atoms with E-state index in [1.807, 2.05) is 0 Å². The van der Waals surface area contributed by atoms with Gasteiger partial charge in [-0.3, -0.25) is 5.10 Å². The number of nitrogens with zero attached hydrogens (tertiary/aromatic N) is 1. The minimum atomic E-state index is 0.0855. The van der Waals surface area contributed by atoms with E-state index in [4.69, 9.17) is 0 Å². The van der Waals surface area contributed by atoms with Crippen LogP contribution >= 0.6 is 0 Å². The number of rotatable bonds is 2. The molecular weight excluding hydrogens is 186 g/mol. The molecule has 0 atom stereocenters. The molecule has 0 aromatic carbocycles. The van der Waals surface area contributed by atoms with E-state index in [2.05, 4.69) is 42.4 Å². The number of aromatic amines is 1. The van der Waals surface area contributed by atoms with Crippen LogP contribution in [0.4, 0.5) is 5.82 Å². The first kappa shape index (κ1) is 10.5. The molecule has 15 heavy (non-hydrogen) atoms. The minimum Gasteiger partial charge on any atom is -0.364 e. The zero-order valence-corrected chi connectivity index (χ0v) is 9.93. The number of nitrogens with one attached hydrogen (secondary N) is 2. The van der Waals surface area contributed by atoms with Gasteiger partial charge in [-0.15, -0.1) is 0 Å². The van der Waals surface area contributed by atoms with E-state index in [9.17, 15) is 0 Å². The van der Waals surface area contributed by atoms with Crippen LogP contribution < -0.4 is 5.32 Å². The number of hydrogen-bond donors (Lipinski definition) is 2. The molecule has 0 saturated heterocycles. The Morgan fingerprint density at radius 1 is 1.33 bits per heavy atom. The van der Waals surface area contributed by atoms with Gasteiger partial charge in [0.15, 0.2) is 0 Å². The molecule has 1 fully saturated rings. The predicted molar refractivity (Wildman–Crippen MR) is 63.2 cm³/mol. The maximum absolute atomic E-state index is 4.31. The van der Waals surface area contributed by atoms with Crippen molar-refractivity contribution >= 4 is 5.82 Å². The normalized spacial score (nSPS) is 18.3. The van der Waals surface area contributed by atoms with E-state index in [-0.39, 0.29) is 5.54 Å². The summed E-state index contributed by atoms with van der Waals surface area (Å²) in [5.74, 6) is 1.69. The second-order valence-corrected chi connectivity index (χ2v) is 5.56. The van der Waals surface area contributed by atoms with E-state index in [0.29, 0.717) is 5.92 Å². The van der Waals surface area contributed by atoms with E-state index in [1.54, 1.807) is 0 Å². The monoisotopic (exact) mass is 207 g/mol. The molecule has 84 valence electrons. The third-order valence-corrected chi connectivity index (χ3v) is 2.90. The van der Waals surface area contributed by atoms with E-state index >= 15 is 0 Å². The Bertz CT molecular complexity index is 316. The molecule has 2 rings (SSSR count). The Morgan fingerprint density at radius 2 is 2.00 bits per heavy atom. The molecule has 0 amide bonds. The van der Waals surface area contributed by atoms with Crippen molar-refractivity contribution in [3.05, 3.63) is 11.8 Å². The fraction of sp³-hybridized carbons (Fsp3) is 0.750. The third kappa shape index (κ3) is 2.74. The molecule has 1 aliphatic carbocycles. The highest BCUT2D eigenvalue weighted by Gasteiger charge is 2.20. The van der Waals surface area contributed by atoms with Crippen LogP contribution in [0.5, 0.6) is 0 Å². The fourth-order valence-electron chi connectivity index (χ4n) is 2.23. The minimum absolute atomic E-state index is 0.0855. The lowest BCUT2D eigenvalue weighted by atomic mass is 10.0. The SMILES string of the molecule is CC(C)(C)Nc1cc(C2CCCC2)[nH]n1. The van der Waals surface area contributed by atoms with Crippen LogP contribution in [0, 0.1) is 0 Å². The maximum atomic E-state index is 4.31. The predicted octanol–water partition coefficient (Wildman–Crippen LogP) is 3.28. The fourth-order valence-corrected chi connectivity index (χ4v) is 2.23. The molecule has 1 heterocycles. The zero-order chi connectivity index (χ0) is 10.9. The molecule has 3 nitrogen and oxygen atoms in total. The summed E-state index contributed by atoms with van der Waals surface area (Å²) in [7, 11) is 0. The first-order valence-corrected chi connectivity index (χ1v) is 5.88. The number of anilines is 1. The Balaban J connectivity index is 2.03. The Morgan fingerprint density at radius 3 is 2.60 bits per heavy atom. The van der Waals surface area contributed by atoms with Crippen molar-refractivity contribution in [2.75, 3.05) is 5.32 Å². The second kappa shape index (κ2) is 3.87. The summed E-state index contributed by atoms with van der Waals surface area (Å²) in [5, 5.41) is 10.9. The van der Waals surface area contributed by atoms with Gasteiger partial charge >= 0.3 is 0 Å². The average molecular weight is 207 g/mol. The van der Waals surface area contributed by atoms with Crippen molar-refractivity contribution in [1.29, 1.82) is 0 Å². The standard InChI is InChI=1S/C12H21N3/c1-12(2,3)13-11-8-10(14-15-11)9-6-4-5-7-9/h8-9H,4-7H2,1-3H3,(H2,13,14,15). The van der Waals surface area contributed by atoms with Crippen molar-refractivity contribution < 1.29 is 0 Å². The Hall–Kier alpha value is -0.990. The number of aromatic nitrogens is 2. The van der Waals surface area contributed by atoms with Crippen LogP contribution in [-0.4, -0.2) is 15.7 Å². The molecule has 1 aromatic heterocycles. The van der Waals surface area contributed by atoms with Gasteiger partial charge in [-0.2, -0.15) is 5.10 Å². The maximum Gasteiger partial charge on any atom is 0.148 e. The summed E-state index contributed by atoms with van der Waals surface area (Å²) in [5.41, 5.74) is 1.39. The lowest BCUT2D eigenvalue weighted by Crippen LogP contribution is -2.26. The van der Waals surface area contributed by atoms with E-state index in [1.165, 1.54) is 31.4 Å². The van der Waals surface area contributed by atoms with Crippen molar-refractivity contribution in [3.8, 4) is 0 Å². The molecule has 0 bridgehead atoms. The molecule has 0 spiro atoms. The molecular formula is C12H21N3. The van der Waals surface area contributed by atoms with Gasteiger partial charge in [-0.05, 0) is 33.6 Å². The molecule has 1 saturated carbocycles. The summed E-state index contributed by atoms with van der Waals surface area (Å²) in [6, 6.07) is 2.17. The molecule has 2 N–H and O–H groups in total. The molecule has 0 aliphatic heterocycles. The average Bonchev–Trinajstić information content (AvgIpc) is 2.68.